The lowest BCUT2D eigenvalue weighted by molar-refractivity contribution is -0.116. The van der Waals surface area contributed by atoms with E-state index in [-0.39, 0.29) is 5.91 Å². The number of para-hydroxylation sites is 2. The molecule has 5 nitrogen and oxygen atoms in total. The Balaban J connectivity index is 1.19. The molecule has 0 fully saturated rings. The number of nitrogens with one attached hydrogen (secondary N) is 1. The van der Waals surface area contributed by atoms with Gasteiger partial charge in [-0.05, 0) is 86.6 Å². The SMILES string of the molecule is Cc1cc(C)cc(OCCCCn2c(CCCCCNC(=O)/C=C/c3ccccc3)nc3ccccc32)c1. The van der Waals surface area contributed by atoms with Gasteiger partial charge in [-0.2, -0.15) is 0 Å². The minimum absolute atomic E-state index is 0.0443. The molecule has 0 bridgehead atoms. The molecule has 4 aromatic rings. The summed E-state index contributed by atoms with van der Waals surface area (Å²) in [5.74, 6) is 2.06. The van der Waals surface area contributed by atoms with Crippen LogP contribution in [-0.2, 0) is 17.8 Å². The van der Waals surface area contributed by atoms with Crippen LogP contribution in [0, 0.1) is 13.8 Å². The van der Waals surface area contributed by atoms with Gasteiger partial charge in [-0.15, -0.1) is 0 Å². The summed E-state index contributed by atoms with van der Waals surface area (Å²) < 4.78 is 8.38. The van der Waals surface area contributed by atoms with Crippen molar-refractivity contribution in [3.63, 3.8) is 0 Å². The van der Waals surface area contributed by atoms with E-state index in [2.05, 4.69) is 66.2 Å². The van der Waals surface area contributed by atoms with Crippen molar-refractivity contribution < 1.29 is 9.53 Å². The van der Waals surface area contributed by atoms with E-state index in [0.29, 0.717) is 6.54 Å². The fraction of sp³-hybridized carbons (Fsp3) is 0.333. The Morgan fingerprint density at radius 1 is 0.895 bits per heavy atom. The van der Waals surface area contributed by atoms with Gasteiger partial charge in [0.25, 0.3) is 0 Å². The number of nitrogens with zero attached hydrogens (tertiary/aromatic N) is 2. The minimum Gasteiger partial charge on any atom is -0.494 e. The quantitative estimate of drug-likeness (QED) is 0.146. The van der Waals surface area contributed by atoms with Crippen LogP contribution in [0.2, 0.25) is 0 Å². The Morgan fingerprint density at radius 2 is 1.66 bits per heavy atom. The molecule has 38 heavy (non-hydrogen) atoms. The molecule has 0 spiro atoms. The highest BCUT2D eigenvalue weighted by Crippen LogP contribution is 2.20. The Bertz CT molecular complexity index is 1320. The van der Waals surface area contributed by atoms with Gasteiger partial charge in [0.2, 0.25) is 5.91 Å². The summed E-state index contributed by atoms with van der Waals surface area (Å²) in [4.78, 5) is 17.0. The molecule has 0 unspecified atom stereocenters. The highest BCUT2D eigenvalue weighted by atomic mass is 16.5. The van der Waals surface area contributed by atoms with Crippen molar-refractivity contribution in [3.05, 3.63) is 101 Å². The second-order valence-electron chi connectivity index (χ2n) is 9.89. The molecule has 198 valence electrons. The number of aryl methyl sites for hydroxylation is 4. The third-order valence-corrected chi connectivity index (χ3v) is 6.58. The van der Waals surface area contributed by atoms with E-state index in [1.165, 1.54) is 16.6 Å². The fourth-order valence-electron chi connectivity index (χ4n) is 4.74. The number of carbonyl (C=O) groups excluding carboxylic acids is 1. The van der Waals surface area contributed by atoms with Gasteiger partial charge >= 0.3 is 0 Å². The summed E-state index contributed by atoms with van der Waals surface area (Å²) >= 11 is 0. The maximum absolute atomic E-state index is 12.1. The standard InChI is InChI=1S/C33H39N3O2/c1-26-23-27(2)25-29(24-26)38-22-12-11-21-36-31-16-9-8-15-30(31)35-32(36)17-7-4-10-20-34-33(37)19-18-28-13-5-3-6-14-28/h3,5-6,8-9,13-16,18-19,23-25H,4,7,10-12,17,20-22H2,1-2H3,(H,34,37)/b19-18+. The zero-order valence-corrected chi connectivity index (χ0v) is 22.7. The van der Waals surface area contributed by atoms with Crippen molar-refractivity contribution in [2.45, 2.75) is 58.9 Å². The minimum atomic E-state index is -0.0443. The molecule has 0 aliphatic carbocycles. The molecule has 1 heterocycles. The summed E-state index contributed by atoms with van der Waals surface area (Å²) in [6.07, 6.45) is 9.49. The number of imidazole rings is 1. The first-order chi connectivity index (χ1) is 18.6. The normalized spacial score (nSPS) is 11.3. The summed E-state index contributed by atoms with van der Waals surface area (Å²) in [6, 6.07) is 24.6. The van der Waals surface area contributed by atoms with Crippen LogP contribution in [0.25, 0.3) is 17.1 Å². The number of rotatable bonds is 14. The molecule has 0 aliphatic rings. The van der Waals surface area contributed by atoms with E-state index in [9.17, 15) is 4.79 Å². The first-order valence-corrected chi connectivity index (χ1v) is 13.7. The number of fused-ring (bicyclic) bond motifs is 1. The predicted molar refractivity (Wildman–Crippen MR) is 156 cm³/mol. The lowest BCUT2D eigenvalue weighted by atomic mass is 10.1. The smallest absolute Gasteiger partial charge is 0.243 e. The second-order valence-corrected chi connectivity index (χ2v) is 9.89. The van der Waals surface area contributed by atoms with Crippen molar-refractivity contribution in [2.75, 3.05) is 13.2 Å². The number of benzene rings is 3. The molecule has 0 saturated carbocycles. The Kier molecular flexibility index (Phi) is 10.1. The van der Waals surface area contributed by atoms with Gasteiger partial charge in [0, 0.05) is 25.6 Å². The fourth-order valence-corrected chi connectivity index (χ4v) is 4.74. The molecular weight excluding hydrogens is 470 g/mol. The molecule has 1 amide bonds. The number of hydrogen-bond donors (Lipinski definition) is 1. The van der Waals surface area contributed by atoms with Gasteiger partial charge in [-0.1, -0.05) is 55.0 Å². The first-order valence-electron chi connectivity index (χ1n) is 13.7. The first kappa shape index (κ1) is 27.2. The van der Waals surface area contributed by atoms with Crippen LogP contribution in [0.15, 0.2) is 78.9 Å². The lowest BCUT2D eigenvalue weighted by Gasteiger charge is -2.11. The molecule has 0 atom stereocenters. The predicted octanol–water partition coefficient (Wildman–Crippen LogP) is 7.05. The van der Waals surface area contributed by atoms with Gasteiger partial charge in [0.05, 0.1) is 17.6 Å². The van der Waals surface area contributed by atoms with Gasteiger partial charge in [-0.3, -0.25) is 4.79 Å². The van der Waals surface area contributed by atoms with Gasteiger partial charge in [-0.25, -0.2) is 4.98 Å². The van der Waals surface area contributed by atoms with E-state index in [4.69, 9.17) is 9.72 Å². The van der Waals surface area contributed by atoms with E-state index < -0.39 is 0 Å². The number of amides is 1. The Labute approximate surface area is 226 Å². The molecule has 4 rings (SSSR count). The Hall–Kier alpha value is -3.86. The number of carbonyl (C=O) groups is 1. The molecule has 0 radical (unpaired) electrons. The van der Waals surface area contributed by atoms with Crippen molar-refractivity contribution in [1.82, 2.24) is 14.9 Å². The van der Waals surface area contributed by atoms with Crippen LogP contribution in [0.1, 0.15) is 54.6 Å². The monoisotopic (exact) mass is 509 g/mol. The summed E-state index contributed by atoms with van der Waals surface area (Å²) in [6.45, 7) is 6.56. The number of ether oxygens (including phenoxy) is 1. The van der Waals surface area contributed by atoms with E-state index in [1.807, 2.05) is 36.4 Å². The molecule has 0 saturated heterocycles. The average Bonchev–Trinajstić information content (AvgIpc) is 3.26. The number of hydrogen-bond acceptors (Lipinski definition) is 3. The Morgan fingerprint density at radius 3 is 2.47 bits per heavy atom. The summed E-state index contributed by atoms with van der Waals surface area (Å²) in [5, 5.41) is 2.98. The lowest BCUT2D eigenvalue weighted by Crippen LogP contribution is -2.22. The van der Waals surface area contributed by atoms with Gasteiger partial charge in [0.15, 0.2) is 0 Å². The van der Waals surface area contributed by atoms with Gasteiger partial charge < -0.3 is 14.6 Å². The zero-order chi connectivity index (χ0) is 26.6. The highest BCUT2D eigenvalue weighted by Gasteiger charge is 2.10. The average molecular weight is 510 g/mol. The van der Waals surface area contributed by atoms with Crippen molar-refractivity contribution in [2.24, 2.45) is 0 Å². The van der Waals surface area contributed by atoms with E-state index in [1.54, 1.807) is 6.08 Å². The van der Waals surface area contributed by atoms with Gasteiger partial charge in [0.1, 0.15) is 11.6 Å². The van der Waals surface area contributed by atoms with Crippen molar-refractivity contribution in [3.8, 4) is 5.75 Å². The molecule has 3 aromatic carbocycles. The van der Waals surface area contributed by atoms with Crippen LogP contribution in [-0.4, -0.2) is 28.6 Å². The topological polar surface area (TPSA) is 56.1 Å². The third-order valence-electron chi connectivity index (χ3n) is 6.58. The highest BCUT2D eigenvalue weighted by molar-refractivity contribution is 5.91. The van der Waals surface area contributed by atoms with Crippen LogP contribution in [0.4, 0.5) is 0 Å². The second kappa shape index (κ2) is 14.2. The largest absolute Gasteiger partial charge is 0.494 e. The maximum atomic E-state index is 12.1. The number of aromatic nitrogens is 2. The van der Waals surface area contributed by atoms with Crippen LogP contribution >= 0.6 is 0 Å². The molecule has 5 heteroatoms. The molecular formula is C33H39N3O2. The van der Waals surface area contributed by atoms with E-state index in [0.717, 1.165) is 74.3 Å². The molecule has 1 aromatic heterocycles. The maximum Gasteiger partial charge on any atom is 0.243 e. The van der Waals surface area contributed by atoms with Crippen molar-refractivity contribution >= 4 is 23.0 Å². The van der Waals surface area contributed by atoms with E-state index >= 15 is 0 Å². The zero-order valence-electron chi connectivity index (χ0n) is 22.7. The summed E-state index contributed by atoms with van der Waals surface area (Å²) in [5.41, 5.74) is 5.76. The third kappa shape index (κ3) is 8.34. The molecule has 1 N–H and O–H groups in total. The molecule has 0 aliphatic heterocycles. The van der Waals surface area contributed by atoms with Crippen LogP contribution in [0.5, 0.6) is 5.75 Å². The summed E-state index contributed by atoms with van der Waals surface area (Å²) in [7, 11) is 0. The number of unbranched alkanes of at least 4 members (excludes halogenated alkanes) is 3. The van der Waals surface area contributed by atoms with Crippen LogP contribution in [0.3, 0.4) is 0 Å². The van der Waals surface area contributed by atoms with Crippen LogP contribution < -0.4 is 10.1 Å². The van der Waals surface area contributed by atoms with Crippen molar-refractivity contribution in [1.29, 1.82) is 0 Å².